The lowest BCUT2D eigenvalue weighted by molar-refractivity contribution is 0.0541. The first kappa shape index (κ1) is 17.7. The molecule has 5 nitrogen and oxygen atoms in total. The standard InChI is InChI=1S/C21H21FN2O3/c1-25-18-8-4-16(5-9-18)21(10-12-26-13-11-21)20-24-23-19(27-20)14-15-2-6-17(22)7-3-15/h2-9H,10-14H2,1H3. The normalized spacial score (nSPS) is 16.2. The van der Waals surface area contributed by atoms with E-state index in [1.165, 1.54) is 12.1 Å². The topological polar surface area (TPSA) is 57.4 Å². The zero-order chi connectivity index (χ0) is 18.7. The molecule has 2 heterocycles. The molecule has 1 saturated heterocycles. The minimum absolute atomic E-state index is 0.259. The molecule has 0 radical (unpaired) electrons. The Hall–Kier alpha value is -2.73. The number of aromatic nitrogens is 2. The van der Waals surface area contributed by atoms with Gasteiger partial charge in [-0.2, -0.15) is 0 Å². The van der Waals surface area contributed by atoms with Gasteiger partial charge in [0.25, 0.3) is 0 Å². The van der Waals surface area contributed by atoms with Crippen molar-refractivity contribution in [2.45, 2.75) is 24.7 Å². The third kappa shape index (κ3) is 3.57. The van der Waals surface area contributed by atoms with Gasteiger partial charge in [-0.15, -0.1) is 10.2 Å². The van der Waals surface area contributed by atoms with Gasteiger partial charge in [-0.1, -0.05) is 24.3 Å². The fraction of sp³-hybridized carbons (Fsp3) is 0.333. The number of halogens is 1. The van der Waals surface area contributed by atoms with Crippen LogP contribution in [0.5, 0.6) is 5.75 Å². The summed E-state index contributed by atoms with van der Waals surface area (Å²) in [6.45, 7) is 1.28. The summed E-state index contributed by atoms with van der Waals surface area (Å²) in [5, 5.41) is 8.60. The number of benzene rings is 2. The van der Waals surface area contributed by atoms with Crippen molar-refractivity contribution in [3.63, 3.8) is 0 Å². The van der Waals surface area contributed by atoms with Crippen LogP contribution in [-0.2, 0) is 16.6 Å². The van der Waals surface area contributed by atoms with E-state index in [-0.39, 0.29) is 11.2 Å². The molecule has 0 aliphatic carbocycles. The Labute approximate surface area is 157 Å². The Morgan fingerprint density at radius 3 is 2.37 bits per heavy atom. The van der Waals surface area contributed by atoms with E-state index in [1.807, 2.05) is 24.3 Å². The number of hydrogen-bond acceptors (Lipinski definition) is 5. The molecular formula is C21H21FN2O3. The highest BCUT2D eigenvalue weighted by molar-refractivity contribution is 5.37. The summed E-state index contributed by atoms with van der Waals surface area (Å²) < 4.78 is 30.0. The summed E-state index contributed by atoms with van der Waals surface area (Å²) in [6, 6.07) is 14.3. The van der Waals surface area contributed by atoms with Gasteiger partial charge in [0, 0.05) is 13.2 Å². The van der Waals surface area contributed by atoms with E-state index in [9.17, 15) is 4.39 Å². The molecule has 4 rings (SSSR count). The summed E-state index contributed by atoms with van der Waals surface area (Å²) in [4.78, 5) is 0. The quantitative estimate of drug-likeness (QED) is 0.684. The highest BCUT2D eigenvalue weighted by Crippen LogP contribution is 2.41. The Balaban J connectivity index is 1.64. The zero-order valence-corrected chi connectivity index (χ0v) is 15.2. The van der Waals surface area contributed by atoms with Crippen LogP contribution in [0, 0.1) is 5.82 Å². The Morgan fingerprint density at radius 2 is 1.70 bits per heavy atom. The molecule has 0 saturated carbocycles. The Bertz CT molecular complexity index is 885. The second-order valence-electron chi connectivity index (χ2n) is 6.73. The first-order valence-corrected chi connectivity index (χ1v) is 8.99. The fourth-order valence-electron chi connectivity index (χ4n) is 3.55. The highest BCUT2D eigenvalue weighted by atomic mass is 19.1. The fourth-order valence-corrected chi connectivity index (χ4v) is 3.55. The van der Waals surface area contributed by atoms with Crippen LogP contribution >= 0.6 is 0 Å². The van der Waals surface area contributed by atoms with Crippen LogP contribution in [0.1, 0.15) is 35.7 Å². The first-order chi connectivity index (χ1) is 13.2. The lowest BCUT2D eigenvalue weighted by Crippen LogP contribution is -2.35. The lowest BCUT2D eigenvalue weighted by atomic mass is 9.74. The van der Waals surface area contributed by atoms with Crippen LogP contribution in [-0.4, -0.2) is 30.5 Å². The van der Waals surface area contributed by atoms with E-state index in [1.54, 1.807) is 19.2 Å². The van der Waals surface area contributed by atoms with Gasteiger partial charge in [0.05, 0.1) is 18.9 Å². The maximum absolute atomic E-state index is 13.1. The van der Waals surface area contributed by atoms with Crippen LogP contribution in [0.4, 0.5) is 4.39 Å². The minimum Gasteiger partial charge on any atom is -0.497 e. The summed E-state index contributed by atoms with van der Waals surface area (Å²) in [6.07, 6.45) is 2.03. The summed E-state index contributed by atoms with van der Waals surface area (Å²) >= 11 is 0. The van der Waals surface area contributed by atoms with Crippen molar-refractivity contribution in [2.75, 3.05) is 20.3 Å². The average molecular weight is 368 g/mol. The molecule has 0 unspecified atom stereocenters. The molecular weight excluding hydrogens is 347 g/mol. The van der Waals surface area contributed by atoms with Crippen molar-refractivity contribution < 1.29 is 18.3 Å². The van der Waals surface area contributed by atoms with Crippen LogP contribution in [0.25, 0.3) is 0 Å². The molecule has 0 amide bonds. The molecule has 1 fully saturated rings. The van der Waals surface area contributed by atoms with Gasteiger partial charge in [0.15, 0.2) is 0 Å². The van der Waals surface area contributed by atoms with Crippen molar-refractivity contribution in [1.82, 2.24) is 10.2 Å². The molecule has 1 aliphatic rings. The molecule has 1 aliphatic heterocycles. The number of ether oxygens (including phenoxy) is 2. The number of nitrogens with zero attached hydrogens (tertiary/aromatic N) is 2. The molecule has 1 aromatic heterocycles. The van der Waals surface area contributed by atoms with Crippen molar-refractivity contribution >= 4 is 0 Å². The predicted octanol–water partition coefficient (Wildman–Crippen LogP) is 3.90. The molecule has 140 valence electrons. The van der Waals surface area contributed by atoms with Gasteiger partial charge >= 0.3 is 0 Å². The van der Waals surface area contributed by atoms with Crippen LogP contribution in [0.3, 0.4) is 0 Å². The molecule has 0 spiro atoms. The van der Waals surface area contributed by atoms with Crippen molar-refractivity contribution in [2.24, 2.45) is 0 Å². The third-order valence-corrected chi connectivity index (χ3v) is 5.13. The largest absolute Gasteiger partial charge is 0.497 e. The molecule has 3 aromatic rings. The maximum atomic E-state index is 13.1. The molecule has 0 N–H and O–H groups in total. The molecule has 2 aromatic carbocycles. The number of methoxy groups -OCH3 is 1. The number of hydrogen-bond donors (Lipinski definition) is 0. The Morgan fingerprint density at radius 1 is 1.00 bits per heavy atom. The molecule has 27 heavy (non-hydrogen) atoms. The second-order valence-corrected chi connectivity index (χ2v) is 6.73. The van der Waals surface area contributed by atoms with Crippen LogP contribution in [0.2, 0.25) is 0 Å². The third-order valence-electron chi connectivity index (χ3n) is 5.13. The average Bonchev–Trinajstić information content (AvgIpc) is 3.19. The van der Waals surface area contributed by atoms with E-state index in [0.717, 1.165) is 29.7 Å². The minimum atomic E-state index is -0.363. The van der Waals surface area contributed by atoms with Gasteiger partial charge in [0.1, 0.15) is 11.6 Å². The smallest absolute Gasteiger partial charge is 0.227 e. The van der Waals surface area contributed by atoms with Gasteiger partial charge < -0.3 is 13.9 Å². The van der Waals surface area contributed by atoms with E-state index in [0.29, 0.717) is 31.4 Å². The van der Waals surface area contributed by atoms with Crippen LogP contribution in [0.15, 0.2) is 52.9 Å². The van der Waals surface area contributed by atoms with Gasteiger partial charge in [-0.25, -0.2) is 4.39 Å². The second kappa shape index (κ2) is 7.48. The number of rotatable bonds is 5. The van der Waals surface area contributed by atoms with E-state index in [4.69, 9.17) is 13.9 Å². The summed E-state index contributed by atoms with van der Waals surface area (Å²) in [5.41, 5.74) is 1.68. The van der Waals surface area contributed by atoms with E-state index < -0.39 is 0 Å². The zero-order valence-electron chi connectivity index (χ0n) is 15.2. The van der Waals surface area contributed by atoms with E-state index in [2.05, 4.69) is 10.2 Å². The molecule has 0 atom stereocenters. The molecule has 6 heteroatoms. The summed E-state index contributed by atoms with van der Waals surface area (Å²) in [5.74, 6) is 1.68. The van der Waals surface area contributed by atoms with Crippen molar-refractivity contribution in [3.05, 3.63) is 77.3 Å². The van der Waals surface area contributed by atoms with Crippen LogP contribution < -0.4 is 4.74 Å². The monoisotopic (exact) mass is 368 g/mol. The van der Waals surface area contributed by atoms with Crippen molar-refractivity contribution in [3.8, 4) is 5.75 Å². The van der Waals surface area contributed by atoms with Crippen molar-refractivity contribution in [1.29, 1.82) is 0 Å². The Kier molecular flexibility index (Phi) is 4.90. The predicted molar refractivity (Wildman–Crippen MR) is 97.3 cm³/mol. The van der Waals surface area contributed by atoms with Gasteiger partial charge in [-0.3, -0.25) is 0 Å². The first-order valence-electron chi connectivity index (χ1n) is 8.99. The highest BCUT2D eigenvalue weighted by Gasteiger charge is 2.41. The van der Waals surface area contributed by atoms with Gasteiger partial charge in [-0.05, 0) is 48.2 Å². The SMILES string of the molecule is COc1ccc(C2(c3nnc(Cc4ccc(F)cc4)o3)CCOCC2)cc1. The van der Waals surface area contributed by atoms with E-state index >= 15 is 0 Å². The maximum Gasteiger partial charge on any atom is 0.227 e. The van der Waals surface area contributed by atoms with Gasteiger partial charge in [0.2, 0.25) is 11.8 Å². The molecule has 0 bridgehead atoms. The summed E-state index contributed by atoms with van der Waals surface area (Å²) in [7, 11) is 1.65. The lowest BCUT2D eigenvalue weighted by Gasteiger charge is -2.34.